The Morgan fingerprint density at radius 3 is 2.64 bits per heavy atom. The molecule has 2 aromatic carbocycles. The summed E-state index contributed by atoms with van der Waals surface area (Å²) in [5, 5.41) is 14.7. The van der Waals surface area contributed by atoms with E-state index in [4.69, 9.17) is 0 Å². The molecular weight excluding hydrogens is 392 g/mol. The van der Waals surface area contributed by atoms with Gasteiger partial charge in [0.25, 0.3) is 0 Å². The number of nitrogens with zero attached hydrogens (tertiary/aromatic N) is 2. The van der Waals surface area contributed by atoms with E-state index < -0.39 is 0 Å². The van der Waals surface area contributed by atoms with Crippen LogP contribution in [0.5, 0.6) is 0 Å². The molecule has 0 saturated heterocycles. The maximum atomic E-state index is 12.4. The number of ketones is 1. The molecule has 0 aliphatic rings. The van der Waals surface area contributed by atoms with Crippen molar-refractivity contribution in [2.75, 3.05) is 10.6 Å². The van der Waals surface area contributed by atoms with Gasteiger partial charge >= 0.3 is 0 Å². The lowest BCUT2D eigenvalue weighted by molar-refractivity contribution is -0.115. The van der Waals surface area contributed by atoms with E-state index in [0.717, 1.165) is 9.90 Å². The number of thioether (sulfide) groups is 1. The molecule has 8 heteroatoms. The van der Waals surface area contributed by atoms with E-state index in [1.165, 1.54) is 30.0 Å². The number of Topliss-reactive ketones (excluding diaryl/α,β-unsaturated/α-hetero) is 1. The number of anilines is 2. The van der Waals surface area contributed by atoms with Crippen LogP contribution in [0.25, 0.3) is 0 Å². The minimum absolute atomic E-state index is 0.0390. The van der Waals surface area contributed by atoms with Gasteiger partial charge in [-0.1, -0.05) is 65.6 Å². The van der Waals surface area contributed by atoms with Crippen LogP contribution in [0.4, 0.5) is 10.8 Å². The van der Waals surface area contributed by atoms with Gasteiger partial charge in [0.05, 0.1) is 5.25 Å². The van der Waals surface area contributed by atoms with Crippen LogP contribution in [-0.4, -0.2) is 27.1 Å². The smallest absolute Gasteiger partial charge is 0.237 e. The van der Waals surface area contributed by atoms with E-state index in [9.17, 15) is 9.59 Å². The van der Waals surface area contributed by atoms with Crippen LogP contribution in [0, 0.1) is 0 Å². The lowest BCUT2D eigenvalue weighted by Gasteiger charge is -2.10. The second-order valence-corrected chi connectivity index (χ2v) is 8.66. The summed E-state index contributed by atoms with van der Waals surface area (Å²) in [5.74, 6) is -0.192. The van der Waals surface area contributed by atoms with Gasteiger partial charge in [0.2, 0.25) is 11.0 Å². The zero-order valence-corrected chi connectivity index (χ0v) is 17.1. The molecule has 0 saturated carbocycles. The van der Waals surface area contributed by atoms with Gasteiger partial charge in [-0.2, -0.15) is 0 Å². The lowest BCUT2D eigenvalue weighted by atomic mass is 10.1. The fourth-order valence-corrected chi connectivity index (χ4v) is 4.26. The summed E-state index contributed by atoms with van der Waals surface area (Å²) in [6.07, 6.45) is 0. The standard InChI is InChI=1S/C20H20N4O2S2/c1-13(25)16-9-6-10-17(11-16)22-18(26)14(2)27-20-24-23-19(28-20)21-12-15-7-4-3-5-8-15/h3-11,14H,12H2,1-2H3,(H,21,23)(H,22,26)/t14-/m0/s1. The van der Waals surface area contributed by atoms with Crippen molar-refractivity contribution in [2.45, 2.75) is 30.0 Å². The van der Waals surface area contributed by atoms with Gasteiger partial charge in [-0.3, -0.25) is 9.59 Å². The van der Waals surface area contributed by atoms with Gasteiger partial charge in [0, 0.05) is 17.8 Å². The molecule has 0 spiro atoms. The Morgan fingerprint density at radius 1 is 1.11 bits per heavy atom. The summed E-state index contributed by atoms with van der Waals surface area (Å²) in [7, 11) is 0. The van der Waals surface area contributed by atoms with Gasteiger partial charge in [-0.05, 0) is 31.5 Å². The zero-order chi connectivity index (χ0) is 19.9. The molecule has 1 heterocycles. The predicted octanol–water partition coefficient (Wildman–Crippen LogP) is 4.47. The van der Waals surface area contributed by atoms with E-state index >= 15 is 0 Å². The van der Waals surface area contributed by atoms with Crippen molar-refractivity contribution >= 4 is 45.6 Å². The van der Waals surface area contributed by atoms with Gasteiger partial charge < -0.3 is 10.6 Å². The minimum atomic E-state index is -0.351. The number of rotatable bonds is 8. The molecule has 144 valence electrons. The molecule has 1 aromatic heterocycles. The van der Waals surface area contributed by atoms with Crippen LogP contribution < -0.4 is 10.6 Å². The Balaban J connectivity index is 1.53. The van der Waals surface area contributed by atoms with Crippen molar-refractivity contribution in [3.8, 4) is 0 Å². The maximum Gasteiger partial charge on any atom is 0.237 e. The highest BCUT2D eigenvalue weighted by Gasteiger charge is 2.17. The van der Waals surface area contributed by atoms with Crippen molar-refractivity contribution in [1.29, 1.82) is 0 Å². The Labute approximate surface area is 171 Å². The Hall–Kier alpha value is -2.71. The molecule has 0 bridgehead atoms. The van der Waals surface area contributed by atoms with Crippen LogP contribution in [-0.2, 0) is 11.3 Å². The maximum absolute atomic E-state index is 12.4. The summed E-state index contributed by atoms with van der Waals surface area (Å²) in [6, 6.07) is 16.9. The third-order valence-corrected chi connectivity index (χ3v) is 5.94. The molecule has 28 heavy (non-hydrogen) atoms. The molecule has 1 atom stereocenters. The summed E-state index contributed by atoms with van der Waals surface area (Å²) in [6.45, 7) is 3.98. The highest BCUT2D eigenvalue weighted by molar-refractivity contribution is 8.02. The number of nitrogens with one attached hydrogen (secondary N) is 2. The fraction of sp³-hybridized carbons (Fsp3) is 0.200. The molecule has 0 radical (unpaired) electrons. The van der Waals surface area contributed by atoms with Crippen LogP contribution in [0.2, 0.25) is 0 Å². The van der Waals surface area contributed by atoms with Gasteiger partial charge in [-0.15, -0.1) is 10.2 Å². The molecule has 3 rings (SSSR count). The number of benzene rings is 2. The molecule has 3 aromatic rings. The van der Waals surface area contributed by atoms with Crippen LogP contribution in [0.15, 0.2) is 58.9 Å². The topological polar surface area (TPSA) is 84.0 Å². The van der Waals surface area contributed by atoms with Crippen LogP contribution in [0.1, 0.15) is 29.8 Å². The number of hydrogen-bond acceptors (Lipinski definition) is 7. The first kappa shape index (κ1) is 20.0. The molecule has 6 nitrogen and oxygen atoms in total. The van der Waals surface area contributed by atoms with Gasteiger partial charge in [0.15, 0.2) is 10.1 Å². The van der Waals surface area contributed by atoms with E-state index in [0.29, 0.717) is 22.9 Å². The third kappa shape index (κ3) is 5.64. The lowest BCUT2D eigenvalue weighted by Crippen LogP contribution is -2.22. The summed E-state index contributed by atoms with van der Waals surface area (Å²) >= 11 is 2.77. The molecule has 0 fully saturated rings. The van der Waals surface area contributed by atoms with Gasteiger partial charge in [0.1, 0.15) is 0 Å². The van der Waals surface area contributed by atoms with Crippen molar-refractivity contribution in [1.82, 2.24) is 10.2 Å². The first-order valence-electron chi connectivity index (χ1n) is 8.71. The fourth-order valence-electron chi connectivity index (χ4n) is 2.37. The molecule has 2 N–H and O–H groups in total. The monoisotopic (exact) mass is 412 g/mol. The zero-order valence-electron chi connectivity index (χ0n) is 15.5. The number of hydrogen-bond donors (Lipinski definition) is 2. The average molecular weight is 413 g/mol. The second kappa shape index (κ2) is 9.48. The Kier molecular flexibility index (Phi) is 6.78. The normalized spacial score (nSPS) is 11.6. The van der Waals surface area contributed by atoms with E-state index in [-0.39, 0.29) is 16.9 Å². The molecular formula is C20H20N4O2S2. The number of carbonyl (C=O) groups is 2. The Bertz CT molecular complexity index is 960. The summed E-state index contributed by atoms with van der Waals surface area (Å²) in [4.78, 5) is 23.9. The first-order valence-corrected chi connectivity index (χ1v) is 10.4. The molecule has 0 aliphatic carbocycles. The highest BCUT2D eigenvalue weighted by atomic mass is 32.2. The third-order valence-electron chi connectivity index (χ3n) is 3.88. The van der Waals surface area contributed by atoms with Gasteiger partial charge in [-0.25, -0.2) is 0 Å². The van der Waals surface area contributed by atoms with Crippen molar-refractivity contribution in [2.24, 2.45) is 0 Å². The van der Waals surface area contributed by atoms with Crippen LogP contribution >= 0.6 is 23.1 Å². The predicted molar refractivity (Wildman–Crippen MR) is 114 cm³/mol. The highest BCUT2D eigenvalue weighted by Crippen LogP contribution is 2.29. The number of amides is 1. The summed E-state index contributed by atoms with van der Waals surface area (Å²) < 4.78 is 0.718. The number of carbonyl (C=O) groups excluding carboxylic acids is 2. The molecule has 0 aliphatic heterocycles. The minimum Gasteiger partial charge on any atom is -0.356 e. The SMILES string of the molecule is CC(=O)c1cccc(NC(=O)[C@H](C)Sc2nnc(NCc3ccccc3)s2)c1. The first-order chi connectivity index (χ1) is 13.5. The molecule has 0 unspecified atom stereocenters. The average Bonchev–Trinajstić information content (AvgIpc) is 3.14. The van der Waals surface area contributed by atoms with E-state index in [1.54, 1.807) is 24.3 Å². The van der Waals surface area contributed by atoms with Crippen LogP contribution in [0.3, 0.4) is 0 Å². The Morgan fingerprint density at radius 2 is 1.89 bits per heavy atom. The summed E-state index contributed by atoms with van der Waals surface area (Å²) in [5.41, 5.74) is 2.33. The van der Waals surface area contributed by atoms with E-state index in [2.05, 4.69) is 20.8 Å². The quantitative estimate of drug-likeness (QED) is 0.419. The van der Waals surface area contributed by atoms with Crippen molar-refractivity contribution in [3.05, 3.63) is 65.7 Å². The van der Waals surface area contributed by atoms with Crippen molar-refractivity contribution < 1.29 is 9.59 Å². The molecule has 1 amide bonds. The number of aromatic nitrogens is 2. The van der Waals surface area contributed by atoms with Crippen molar-refractivity contribution in [3.63, 3.8) is 0 Å². The largest absolute Gasteiger partial charge is 0.356 e. The van der Waals surface area contributed by atoms with E-state index in [1.807, 2.05) is 37.3 Å². The second-order valence-electron chi connectivity index (χ2n) is 6.10.